The molecule has 11 nitrogen and oxygen atoms in total. The van der Waals surface area contributed by atoms with Crippen LogP contribution in [0.25, 0.3) is 0 Å². The first-order valence-corrected chi connectivity index (χ1v) is 13.4. The number of primary amides is 1. The zero-order chi connectivity index (χ0) is 25.8. The molecular weight excluding hydrogens is 472 g/mol. The van der Waals surface area contributed by atoms with Crippen LogP contribution in [-0.2, 0) is 0 Å². The molecule has 1 saturated carbocycles. The first-order chi connectivity index (χ1) is 18.0. The summed E-state index contributed by atoms with van der Waals surface area (Å²) in [5.41, 5.74) is 7.61. The molecule has 1 aromatic heterocycles. The molecule has 37 heavy (non-hydrogen) atoms. The van der Waals surface area contributed by atoms with Crippen LogP contribution in [0.3, 0.4) is 0 Å². The van der Waals surface area contributed by atoms with Gasteiger partial charge in [-0.15, -0.1) is 10.2 Å². The van der Waals surface area contributed by atoms with Crippen molar-refractivity contribution in [2.45, 2.75) is 69.4 Å². The van der Waals surface area contributed by atoms with Crippen LogP contribution in [0.5, 0.6) is 0 Å². The molecule has 5 rings (SSSR count). The van der Waals surface area contributed by atoms with Crippen LogP contribution >= 0.6 is 0 Å². The van der Waals surface area contributed by atoms with Crippen LogP contribution in [0, 0.1) is 0 Å². The maximum Gasteiger partial charge on any atom is 0.404 e. The number of hydrogen-bond acceptors (Lipinski definition) is 8. The number of carbonyl (C=O) groups is 2. The molecular formula is C26H36N8O3. The second-order valence-electron chi connectivity index (χ2n) is 10.4. The van der Waals surface area contributed by atoms with Crippen LogP contribution in [0.15, 0.2) is 24.3 Å². The molecule has 2 saturated heterocycles. The van der Waals surface area contributed by atoms with Crippen LogP contribution < -0.4 is 21.3 Å². The van der Waals surface area contributed by atoms with Crippen molar-refractivity contribution in [2.24, 2.45) is 5.73 Å². The van der Waals surface area contributed by atoms with E-state index in [4.69, 9.17) is 10.8 Å². The van der Waals surface area contributed by atoms with Crippen molar-refractivity contribution in [2.75, 3.05) is 36.4 Å². The first kappa shape index (κ1) is 25.2. The number of nitrogens with two attached hydrogens (primary N) is 1. The minimum absolute atomic E-state index is 0.0377. The SMILES string of the molecule is NC(=O)c1nnc(N2CCCC(NC(=O)O)C2)nc1Nc1ccc(C2CCN(C3CCCC3)CC2)cc1. The van der Waals surface area contributed by atoms with Gasteiger partial charge in [0.25, 0.3) is 5.91 Å². The van der Waals surface area contributed by atoms with Crippen LogP contribution in [0.4, 0.5) is 22.2 Å². The Morgan fingerprint density at radius 2 is 1.68 bits per heavy atom. The first-order valence-electron chi connectivity index (χ1n) is 13.4. The van der Waals surface area contributed by atoms with Gasteiger partial charge in [-0.25, -0.2) is 4.79 Å². The monoisotopic (exact) mass is 508 g/mol. The Balaban J connectivity index is 1.25. The number of benzene rings is 1. The van der Waals surface area contributed by atoms with Crippen LogP contribution in [0.2, 0.25) is 0 Å². The quantitative estimate of drug-likeness (QED) is 0.442. The minimum atomic E-state index is -1.06. The smallest absolute Gasteiger partial charge is 0.404 e. The fourth-order valence-electron chi connectivity index (χ4n) is 6.00. The van der Waals surface area contributed by atoms with Crippen LogP contribution in [-0.4, -0.2) is 75.5 Å². The van der Waals surface area contributed by atoms with Gasteiger partial charge >= 0.3 is 6.09 Å². The van der Waals surface area contributed by atoms with Gasteiger partial charge in [-0.1, -0.05) is 25.0 Å². The number of nitrogens with one attached hydrogen (secondary N) is 2. The highest BCUT2D eigenvalue weighted by atomic mass is 16.4. The molecule has 198 valence electrons. The molecule has 0 radical (unpaired) electrons. The molecule has 5 N–H and O–H groups in total. The Kier molecular flexibility index (Phi) is 7.68. The molecule has 3 fully saturated rings. The van der Waals surface area contributed by atoms with Crippen molar-refractivity contribution >= 4 is 29.5 Å². The molecule has 1 aliphatic carbocycles. The van der Waals surface area contributed by atoms with E-state index in [2.05, 4.69) is 42.8 Å². The van der Waals surface area contributed by atoms with Crippen molar-refractivity contribution < 1.29 is 14.7 Å². The Morgan fingerprint density at radius 1 is 0.946 bits per heavy atom. The topological polar surface area (TPSA) is 150 Å². The third-order valence-electron chi connectivity index (χ3n) is 7.96. The fourth-order valence-corrected chi connectivity index (χ4v) is 6.00. The van der Waals surface area contributed by atoms with E-state index in [0.717, 1.165) is 24.6 Å². The van der Waals surface area contributed by atoms with E-state index >= 15 is 0 Å². The molecule has 1 aromatic carbocycles. The predicted molar refractivity (Wildman–Crippen MR) is 140 cm³/mol. The van der Waals surface area contributed by atoms with E-state index < -0.39 is 12.0 Å². The summed E-state index contributed by atoms with van der Waals surface area (Å²) in [6, 6.07) is 8.86. The maximum atomic E-state index is 12.0. The molecule has 3 aliphatic rings. The molecule has 2 amide bonds. The number of anilines is 3. The highest BCUT2D eigenvalue weighted by Crippen LogP contribution is 2.33. The van der Waals surface area contributed by atoms with E-state index in [-0.39, 0.29) is 17.6 Å². The average molecular weight is 509 g/mol. The average Bonchev–Trinajstić information content (AvgIpc) is 3.44. The number of rotatable bonds is 7. The zero-order valence-electron chi connectivity index (χ0n) is 21.1. The largest absolute Gasteiger partial charge is 0.465 e. The van der Waals surface area contributed by atoms with Gasteiger partial charge in [0.15, 0.2) is 11.5 Å². The number of carboxylic acid groups (broad SMARTS) is 1. The van der Waals surface area contributed by atoms with Gasteiger partial charge in [0.1, 0.15) is 0 Å². The van der Waals surface area contributed by atoms with Crippen LogP contribution in [0.1, 0.15) is 73.3 Å². The van der Waals surface area contributed by atoms with Crippen molar-refractivity contribution in [3.63, 3.8) is 0 Å². The van der Waals surface area contributed by atoms with Gasteiger partial charge in [0, 0.05) is 30.9 Å². The number of aromatic nitrogens is 3. The Labute approximate surface area is 216 Å². The number of nitrogens with zero attached hydrogens (tertiary/aromatic N) is 5. The third-order valence-corrected chi connectivity index (χ3v) is 7.96. The zero-order valence-corrected chi connectivity index (χ0v) is 21.1. The van der Waals surface area contributed by atoms with Crippen molar-refractivity contribution in [1.82, 2.24) is 25.4 Å². The minimum Gasteiger partial charge on any atom is -0.465 e. The van der Waals surface area contributed by atoms with E-state index in [1.54, 1.807) is 0 Å². The van der Waals surface area contributed by atoms with Gasteiger partial charge < -0.3 is 31.3 Å². The lowest BCUT2D eigenvalue weighted by Gasteiger charge is -2.36. The van der Waals surface area contributed by atoms with E-state index in [1.165, 1.54) is 57.2 Å². The predicted octanol–water partition coefficient (Wildman–Crippen LogP) is 3.07. The number of hydrogen-bond donors (Lipinski definition) is 4. The molecule has 0 spiro atoms. The summed E-state index contributed by atoms with van der Waals surface area (Å²) in [4.78, 5) is 32.1. The Morgan fingerprint density at radius 3 is 2.35 bits per heavy atom. The summed E-state index contributed by atoms with van der Waals surface area (Å²) in [5, 5.41) is 22.9. The Bertz CT molecular complexity index is 1100. The van der Waals surface area contributed by atoms with Gasteiger partial charge in [-0.05, 0) is 75.2 Å². The maximum absolute atomic E-state index is 12.0. The summed E-state index contributed by atoms with van der Waals surface area (Å²) >= 11 is 0. The molecule has 0 bridgehead atoms. The van der Waals surface area contributed by atoms with Gasteiger partial charge in [0.05, 0.1) is 0 Å². The van der Waals surface area contributed by atoms with E-state index in [1.807, 2.05) is 17.0 Å². The summed E-state index contributed by atoms with van der Waals surface area (Å²) in [6.07, 6.45) is 8.30. The van der Waals surface area contributed by atoms with Gasteiger partial charge in [0.2, 0.25) is 5.95 Å². The molecule has 3 heterocycles. The Hall–Kier alpha value is -3.47. The van der Waals surface area contributed by atoms with E-state index in [0.29, 0.717) is 25.0 Å². The number of likely N-dealkylation sites (tertiary alicyclic amines) is 1. The summed E-state index contributed by atoms with van der Waals surface area (Å²) < 4.78 is 0. The van der Waals surface area contributed by atoms with Crippen molar-refractivity contribution in [3.05, 3.63) is 35.5 Å². The molecule has 11 heteroatoms. The lowest BCUT2D eigenvalue weighted by Crippen LogP contribution is -2.48. The molecule has 2 aliphatic heterocycles. The van der Waals surface area contributed by atoms with Gasteiger partial charge in [-0.3, -0.25) is 4.79 Å². The highest BCUT2D eigenvalue weighted by molar-refractivity contribution is 5.96. The fraction of sp³-hybridized carbons (Fsp3) is 0.577. The standard InChI is InChI=1S/C26H36N8O3/c27-23(35)22-24(30-25(32-31-22)34-13-3-4-20(16-34)29-26(36)37)28-19-9-7-17(8-10-19)18-11-14-33(15-12-18)21-5-1-2-6-21/h7-10,18,20-21,29H,1-6,11-16H2,(H2,27,35)(H,36,37)(H,28,30,32). The lowest BCUT2D eigenvalue weighted by molar-refractivity contribution is 0.0995. The second kappa shape index (κ2) is 11.3. The normalized spacial score (nSPS) is 21.6. The molecule has 1 atom stereocenters. The lowest BCUT2D eigenvalue weighted by atomic mass is 9.88. The number of carbonyl (C=O) groups excluding carboxylic acids is 1. The number of piperidine rings is 2. The van der Waals surface area contributed by atoms with Crippen molar-refractivity contribution in [1.29, 1.82) is 0 Å². The van der Waals surface area contributed by atoms with E-state index in [9.17, 15) is 9.59 Å². The highest BCUT2D eigenvalue weighted by Gasteiger charge is 2.28. The van der Waals surface area contributed by atoms with Gasteiger partial charge in [-0.2, -0.15) is 4.98 Å². The summed E-state index contributed by atoms with van der Waals surface area (Å²) in [5.74, 6) is 0.411. The molecule has 1 unspecified atom stereocenters. The third kappa shape index (κ3) is 6.10. The van der Waals surface area contributed by atoms with Crippen molar-refractivity contribution in [3.8, 4) is 0 Å². The second-order valence-corrected chi connectivity index (χ2v) is 10.4. The number of amides is 2. The summed E-state index contributed by atoms with van der Waals surface area (Å²) in [6.45, 7) is 3.44. The summed E-state index contributed by atoms with van der Waals surface area (Å²) in [7, 11) is 0. The molecule has 2 aromatic rings.